The first-order valence-corrected chi connectivity index (χ1v) is 7.64. The summed E-state index contributed by atoms with van der Waals surface area (Å²) in [6, 6.07) is 9.47. The van der Waals surface area contributed by atoms with Gasteiger partial charge in [0, 0.05) is 12.1 Å². The van der Waals surface area contributed by atoms with Gasteiger partial charge >= 0.3 is 0 Å². The van der Waals surface area contributed by atoms with Crippen LogP contribution in [0.5, 0.6) is 0 Å². The average molecular weight is 258 g/mol. The summed E-state index contributed by atoms with van der Waals surface area (Å²) in [5, 5.41) is 0. The maximum atomic E-state index is 6.55. The van der Waals surface area contributed by atoms with Crippen molar-refractivity contribution >= 4 is 0 Å². The maximum Gasteiger partial charge on any atom is 0.0455 e. The SMILES string of the molecule is CC1(C)CCN(C2CCc3ccccc3C2N)CC1. The fourth-order valence-electron chi connectivity index (χ4n) is 3.65. The van der Waals surface area contributed by atoms with E-state index >= 15 is 0 Å². The van der Waals surface area contributed by atoms with Crippen LogP contribution in [0.15, 0.2) is 24.3 Å². The van der Waals surface area contributed by atoms with Gasteiger partial charge in [-0.1, -0.05) is 38.1 Å². The van der Waals surface area contributed by atoms with Crippen molar-refractivity contribution in [3.8, 4) is 0 Å². The van der Waals surface area contributed by atoms with Gasteiger partial charge in [0.05, 0.1) is 0 Å². The van der Waals surface area contributed by atoms with Gasteiger partial charge in [-0.2, -0.15) is 0 Å². The summed E-state index contributed by atoms with van der Waals surface area (Å²) in [7, 11) is 0. The number of nitrogens with two attached hydrogens (primary N) is 1. The Bertz CT molecular complexity index is 442. The number of aryl methyl sites for hydroxylation is 1. The van der Waals surface area contributed by atoms with Crippen molar-refractivity contribution in [3.63, 3.8) is 0 Å². The Morgan fingerprint density at radius 1 is 1.16 bits per heavy atom. The lowest BCUT2D eigenvalue weighted by atomic mass is 9.79. The van der Waals surface area contributed by atoms with Gasteiger partial charge in [-0.15, -0.1) is 0 Å². The van der Waals surface area contributed by atoms with Crippen molar-refractivity contribution in [3.05, 3.63) is 35.4 Å². The van der Waals surface area contributed by atoms with Crippen molar-refractivity contribution in [1.82, 2.24) is 4.90 Å². The molecule has 1 saturated heterocycles. The van der Waals surface area contributed by atoms with E-state index in [1.54, 1.807) is 0 Å². The molecule has 19 heavy (non-hydrogen) atoms. The van der Waals surface area contributed by atoms with Gasteiger partial charge in [0.25, 0.3) is 0 Å². The number of piperidine rings is 1. The summed E-state index contributed by atoms with van der Waals surface area (Å²) in [5.41, 5.74) is 9.91. The van der Waals surface area contributed by atoms with E-state index in [4.69, 9.17) is 5.73 Å². The van der Waals surface area contributed by atoms with Crippen LogP contribution >= 0.6 is 0 Å². The number of hydrogen-bond acceptors (Lipinski definition) is 2. The van der Waals surface area contributed by atoms with Crippen LogP contribution in [0.1, 0.15) is 50.3 Å². The summed E-state index contributed by atoms with van der Waals surface area (Å²) in [4.78, 5) is 2.64. The van der Waals surface area contributed by atoms with Crippen molar-refractivity contribution in [1.29, 1.82) is 0 Å². The molecule has 3 rings (SSSR count). The lowest BCUT2D eigenvalue weighted by Crippen LogP contribution is -2.49. The van der Waals surface area contributed by atoms with Gasteiger partial charge in [-0.3, -0.25) is 4.90 Å². The number of benzene rings is 1. The number of fused-ring (bicyclic) bond motifs is 1. The highest BCUT2D eigenvalue weighted by molar-refractivity contribution is 5.33. The molecule has 1 aliphatic heterocycles. The summed E-state index contributed by atoms with van der Waals surface area (Å²) >= 11 is 0. The van der Waals surface area contributed by atoms with E-state index in [0.717, 1.165) is 0 Å². The Labute approximate surface area is 117 Å². The highest BCUT2D eigenvalue weighted by atomic mass is 15.2. The zero-order valence-corrected chi connectivity index (χ0v) is 12.2. The van der Waals surface area contributed by atoms with Gasteiger partial charge in [0.1, 0.15) is 0 Å². The quantitative estimate of drug-likeness (QED) is 0.838. The fraction of sp³-hybridized carbons (Fsp3) is 0.647. The van der Waals surface area contributed by atoms with Crippen molar-refractivity contribution < 1.29 is 0 Å². The van der Waals surface area contributed by atoms with E-state index in [1.165, 1.54) is 49.9 Å². The molecule has 1 aliphatic carbocycles. The van der Waals surface area contributed by atoms with Crippen LogP contribution in [0.2, 0.25) is 0 Å². The van der Waals surface area contributed by atoms with Crippen molar-refractivity contribution in [2.24, 2.45) is 11.1 Å². The lowest BCUT2D eigenvalue weighted by molar-refractivity contribution is 0.0746. The average Bonchev–Trinajstić information content (AvgIpc) is 2.40. The summed E-state index contributed by atoms with van der Waals surface area (Å²) < 4.78 is 0. The molecule has 0 aromatic heterocycles. The van der Waals surface area contributed by atoms with Gasteiger partial charge in [-0.25, -0.2) is 0 Å². The lowest BCUT2D eigenvalue weighted by Gasteiger charge is -2.45. The third kappa shape index (κ3) is 2.56. The molecule has 2 unspecified atom stereocenters. The Hall–Kier alpha value is -0.860. The minimum Gasteiger partial charge on any atom is -0.323 e. The molecule has 2 nitrogen and oxygen atoms in total. The number of rotatable bonds is 1. The van der Waals surface area contributed by atoms with E-state index < -0.39 is 0 Å². The molecule has 1 aromatic rings. The number of hydrogen-bond donors (Lipinski definition) is 1. The second-order valence-corrected chi connectivity index (χ2v) is 7.03. The molecule has 2 N–H and O–H groups in total. The van der Waals surface area contributed by atoms with E-state index in [1.807, 2.05) is 0 Å². The Morgan fingerprint density at radius 2 is 1.84 bits per heavy atom. The third-order valence-corrected chi connectivity index (χ3v) is 5.16. The molecule has 0 bridgehead atoms. The van der Waals surface area contributed by atoms with Crippen LogP contribution in [0.3, 0.4) is 0 Å². The Balaban J connectivity index is 1.74. The molecule has 1 heterocycles. The minimum atomic E-state index is 0.200. The molecule has 1 fully saturated rings. The van der Waals surface area contributed by atoms with E-state index in [9.17, 15) is 0 Å². The van der Waals surface area contributed by atoms with Crippen LogP contribution in [0.4, 0.5) is 0 Å². The molecule has 0 spiro atoms. The topological polar surface area (TPSA) is 29.3 Å². The highest BCUT2D eigenvalue weighted by Gasteiger charge is 2.34. The van der Waals surface area contributed by atoms with E-state index in [2.05, 4.69) is 43.0 Å². The molecule has 1 aromatic carbocycles. The molecule has 104 valence electrons. The molecule has 0 amide bonds. The van der Waals surface area contributed by atoms with Crippen LogP contribution < -0.4 is 5.73 Å². The Kier molecular flexibility index (Phi) is 3.40. The van der Waals surface area contributed by atoms with Gasteiger partial charge in [0.2, 0.25) is 0 Å². The van der Waals surface area contributed by atoms with Gasteiger partial charge in [0.15, 0.2) is 0 Å². The van der Waals surface area contributed by atoms with Crippen LogP contribution in [-0.2, 0) is 6.42 Å². The first-order chi connectivity index (χ1) is 9.07. The molecule has 0 saturated carbocycles. The van der Waals surface area contributed by atoms with Gasteiger partial charge < -0.3 is 5.73 Å². The molecule has 2 heteroatoms. The normalized spacial score (nSPS) is 30.9. The second-order valence-electron chi connectivity index (χ2n) is 7.03. The van der Waals surface area contributed by atoms with Crippen LogP contribution in [-0.4, -0.2) is 24.0 Å². The number of nitrogens with zero attached hydrogens (tertiary/aromatic N) is 1. The third-order valence-electron chi connectivity index (χ3n) is 5.16. The van der Waals surface area contributed by atoms with Crippen LogP contribution in [0.25, 0.3) is 0 Å². The van der Waals surface area contributed by atoms with Gasteiger partial charge in [-0.05, 0) is 55.3 Å². The second kappa shape index (κ2) is 4.92. The molecule has 2 aliphatic rings. The zero-order valence-electron chi connectivity index (χ0n) is 12.2. The summed E-state index contributed by atoms with van der Waals surface area (Å²) in [6.07, 6.45) is 5.02. The number of likely N-dealkylation sites (tertiary alicyclic amines) is 1. The first kappa shape index (κ1) is 13.1. The van der Waals surface area contributed by atoms with Crippen LogP contribution in [0, 0.1) is 5.41 Å². The standard InChI is InChI=1S/C17H26N2/c1-17(2)9-11-19(12-10-17)15-8-7-13-5-3-4-6-14(13)16(15)18/h3-6,15-16H,7-12,18H2,1-2H3. The van der Waals surface area contributed by atoms with Crippen molar-refractivity contribution in [2.45, 2.75) is 51.6 Å². The summed E-state index contributed by atoms with van der Waals surface area (Å²) in [5.74, 6) is 0. The monoisotopic (exact) mass is 258 g/mol. The fourth-order valence-corrected chi connectivity index (χ4v) is 3.65. The smallest absolute Gasteiger partial charge is 0.0455 e. The van der Waals surface area contributed by atoms with Crippen molar-refractivity contribution in [2.75, 3.05) is 13.1 Å². The summed E-state index contributed by atoms with van der Waals surface area (Å²) in [6.45, 7) is 7.21. The molecule has 2 atom stereocenters. The maximum absolute atomic E-state index is 6.55. The molecular weight excluding hydrogens is 232 g/mol. The molecule has 0 radical (unpaired) electrons. The predicted octanol–water partition coefficient (Wildman–Crippen LogP) is 3.12. The molecular formula is C17H26N2. The zero-order chi connectivity index (χ0) is 13.5. The minimum absolute atomic E-state index is 0.200. The predicted molar refractivity (Wildman–Crippen MR) is 80.1 cm³/mol. The highest BCUT2D eigenvalue weighted by Crippen LogP contribution is 2.36. The Morgan fingerprint density at radius 3 is 2.58 bits per heavy atom. The van der Waals surface area contributed by atoms with E-state index in [0.29, 0.717) is 11.5 Å². The first-order valence-electron chi connectivity index (χ1n) is 7.64. The van der Waals surface area contributed by atoms with E-state index in [-0.39, 0.29) is 6.04 Å². The largest absolute Gasteiger partial charge is 0.323 e.